The summed E-state index contributed by atoms with van der Waals surface area (Å²) >= 11 is 1.65. The molecule has 5 nitrogen and oxygen atoms in total. The quantitative estimate of drug-likeness (QED) is 0.940. The summed E-state index contributed by atoms with van der Waals surface area (Å²) < 4.78 is 0. The molecule has 23 heavy (non-hydrogen) atoms. The van der Waals surface area contributed by atoms with Crippen LogP contribution >= 0.6 is 11.3 Å². The number of nitrogens with one attached hydrogen (secondary N) is 1. The summed E-state index contributed by atoms with van der Waals surface area (Å²) in [7, 11) is 0. The number of carbonyl (C=O) groups excluding carboxylic acids is 1. The zero-order chi connectivity index (χ0) is 16.4. The molecule has 2 aromatic rings. The van der Waals surface area contributed by atoms with Crippen LogP contribution in [0.5, 0.6) is 0 Å². The molecule has 1 aliphatic heterocycles. The van der Waals surface area contributed by atoms with E-state index in [-0.39, 0.29) is 17.5 Å². The van der Waals surface area contributed by atoms with Crippen molar-refractivity contribution in [3.63, 3.8) is 0 Å². The van der Waals surface area contributed by atoms with Crippen LogP contribution in [0, 0.1) is 0 Å². The molecule has 3 heterocycles. The van der Waals surface area contributed by atoms with E-state index >= 15 is 0 Å². The van der Waals surface area contributed by atoms with Crippen molar-refractivity contribution in [1.29, 1.82) is 0 Å². The van der Waals surface area contributed by atoms with Crippen LogP contribution in [0.1, 0.15) is 59.5 Å². The second-order valence-electron chi connectivity index (χ2n) is 6.31. The summed E-state index contributed by atoms with van der Waals surface area (Å²) in [5, 5.41) is 1.95. The maximum absolute atomic E-state index is 12.7. The number of aromatic nitrogens is 2. The maximum Gasteiger partial charge on any atom is 0.345 e. The van der Waals surface area contributed by atoms with Crippen LogP contribution in [-0.2, 0) is 0 Å². The van der Waals surface area contributed by atoms with Crippen molar-refractivity contribution in [3.05, 3.63) is 50.3 Å². The van der Waals surface area contributed by atoms with Crippen LogP contribution < -0.4 is 5.69 Å². The summed E-state index contributed by atoms with van der Waals surface area (Å²) in [5.41, 5.74) is 1.32. The van der Waals surface area contributed by atoms with Gasteiger partial charge in [-0.05, 0) is 30.9 Å². The van der Waals surface area contributed by atoms with Gasteiger partial charge in [0.2, 0.25) is 0 Å². The van der Waals surface area contributed by atoms with Gasteiger partial charge in [0, 0.05) is 41.2 Å². The monoisotopic (exact) mass is 331 g/mol. The number of hydrogen-bond donors (Lipinski definition) is 1. The topological polar surface area (TPSA) is 66.1 Å². The number of rotatable bonds is 3. The lowest BCUT2D eigenvalue weighted by atomic mass is 9.94. The Labute approximate surface area is 139 Å². The number of hydrogen-bond acceptors (Lipinski definition) is 4. The summed E-state index contributed by atoms with van der Waals surface area (Å²) in [5.74, 6) is 0.707. The lowest BCUT2D eigenvalue weighted by Crippen LogP contribution is -2.39. The predicted molar refractivity (Wildman–Crippen MR) is 91.1 cm³/mol. The minimum absolute atomic E-state index is 0.0919. The Kier molecular flexibility index (Phi) is 4.61. The Morgan fingerprint density at radius 1 is 1.48 bits per heavy atom. The highest BCUT2D eigenvalue weighted by Crippen LogP contribution is 2.28. The van der Waals surface area contributed by atoms with E-state index in [1.165, 1.54) is 11.1 Å². The molecule has 1 atom stereocenters. The van der Waals surface area contributed by atoms with Crippen LogP contribution in [0.25, 0.3) is 0 Å². The predicted octanol–water partition coefficient (Wildman–Crippen LogP) is 2.97. The molecule has 1 saturated heterocycles. The minimum Gasteiger partial charge on any atom is -0.338 e. The lowest BCUT2D eigenvalue weighted by Gasteiger charge is -2.32. The van der Waals surface area contributed by atoms with Crippen molar-refractivity contribution in [2.75, 3.05) is 13.1 Å². The molecule has 0 spiro atoms. The molecule has 0 bridgehead atoms. The van der Waals surface area contributed by atoms with E-state index in [4.69, 9.17) is 0 Å². The number of thiophene rings is 1. The zero-order valence-corrected chi connectivity index (χ0v) is 14.2. The Bertz CT molecular complexity index is 750. The van der Waals surface area contributed by atoms with E-state index in [1.54, 1.807) is 11.3 Å². The average molecular weight is 331 g/mol. The van der Waals surface area contributed by atoms with Gasteiger partial charge in [-0.2, -0.15) is 0 Å². The van der Waals surface area contributed by atoms with E-state index in [1.807, 2.05) is 22.4 Å². The van der Waals surface area contributed by atoms with Gasteiger partial charge in [-0.25, -0.2) is 9.78 Å². The fourth-order valence-corrected chi connectivity index (χ4v) is 3.89. The fourth-order valence-electron chi connectivity index (χ4n) is 2.99. The van der Waals surface area contributed by atoms with Gasteiger partial charge in [0.05, 0.1) is 5.56 Å². The average Bonchev–Trinajstić information content (AvgIpc) is 3.04. The molecule has 1 fully saturated rings. The third-order valence-electron chi connectivity index (χ3n) is 4.28. The number of aromatic amines is 1. The van der Waals surface area contributed by atoms with Crippen molar-refractivity contribution in [2.45, 2.75) is 38.5 Å². The van der Waals surface area contributed by atoms with Gasteiger partial charge in [0.25, 0.3) is 5.91 Å². The second kappa shape index (κ2) is 6.66. The lowest BCUT2D eigenvalue weighted by molar-refractivity contribution is 0.0706. The number of likely N-dealkylation sites (tertiary alicyclic amines) is 1. The van der Waals surface area contributed by atoms with E-state index < -0.39 is 0 Å². The minimum atomic E-state index is -0.328. The highest BCUT2D eigenvalue weighted by atomic mass is 32.1. The first kappa shape index (κ1) is 15.9. The number of carbonyl (C=O) groups is 1. The van der Waals surface area contributed by atoms with Crippen molar-refractivity contribution in [3.8, 4) is 0 Å². The van der Waals surface area contributed by atoms with Gasteiger partial charge < -0.3 is 9.88 Å². The van der Waals surface area contributed by atoms with Crippen molar-refractivity contribution < 1.29 is 4.79 Å². The molecule has 1 aliphatic rings. The first-order valence-corrected chi connectivity index (χ1v) is 8.85. The highest BCUT2D eigenvalue weighted by Gasteiger charge is 2.26. The summed E-state index contributed by atoms with van der Waals surface area (Å²) in [6.07, 6.45) is 3.45. The number of H-pyrrole nitrogens is 1. The Hall–Kier alpha value is -1.95. The molecule has 1 unspecified atom stereocenters. The Morgan fingerprint density at radius 2 is 2.30 bits per heavy atom. The molecule has 1 N–H and O–H groups in total. The molecule has 0 aliphatic carbocycles. The Morgan fingerprint density at radius 3 is 3.00 bits per heavy atom. The van der Waals surface area contributed by atoms with E-state index in [0.717, 1.165) is 30.6 Å². The van der Waals surface area contributed by atoms with Gasteiger partial charge in [0.1, 0.15) is 0 Å². The number of amides is 1. The van der Waals surface area contributed by atoms with Crippen molar-refractivity contribution >= 4 is 17.2 Å². The van der Waals surface area contributed by atoms with Gasteiger partial charge in [-0.3, -0.25) is 4.79 Å². The molecular formula is C17H21N3O2S. The largest absolute Gasteiger partial charge is 0.345 e. The molecule has 0 saturated carbocycles. The maximum atomic E-state index is 12.7. The van der Waals surface area contributed by atoms with Crippen molar-refractivity contribution in [1.82, 2.24) is 14.9 Å². The van der Waals surface area contributed by atoms with Crippen LogP contribution in [0.2, 0.25) is 0 Å². The normalized spacial score (nSPS) is 18.4. The summed E-state index contributed by atoms with van der Waals surface area (Å²) in [6.45, 7) is 5.69. The summed E-state index contributed by atoms with van der Waals surface area (Å²) in [6, 6.07) is 3.84. The zero-order valence-electron chi connectivity index (χ0n) is 13.4. The molecule has 122 valence electrons. The fraction of sp³-hybridized carbons (Fsp3) is 0.471. The molecule has 2 aromatic heterocycles. The number of piperidine rings is 1. The number of nitrogens with zero attached hydrogens (tertiary/aromatic N) is 2. The third kappa shape index (κ3) is 3.52. The molecule has 6 heteroatoms. The van der Waals surface area contributed by atoms with E-state index in [9.17, 15) is 9.59 Å². The van der Waals surface area contributed by atoms with Gasteiger partial charge in [-0.1, -0.05) is 13.8 Å². The van der Waals surface area contributed by atoms with E-state index in [0.29, 0.717) is 12.5 Å². The molecule has 3 rings (SSSR count). The first-order valence-electron chi connectivity index (χ1n) is 7.97. The molecule has 1 amide bonds. The Balaban J connectivity index is 1.75. The SMILES string of the molecule is CC(C)c1cc(C(=O)N2CCCC(c3ccnc(=O)[nH]3)C2)cs1. The van der Waals surface area contributed by atoms with Gasteiger partial charge >= 0.3 is 5.69 Å². The molecular weight excluding hydrogens is 310 g/mol. The standard InChI is InChI=1S/C17H21N3O2S/c1-11(2)15-8-13(10-23-15)16(21)20-7-3-4-12(9-20)14-5-6-18-17(22)19-14/h5-6,8,10-12H,3-4,7,9H2,1-2H3,(H,18,19,22). The third-order valence-corrected chi connectivity index (χ3v) is 5.51. The second-order valence-corrected chi connectivity index (χ2v) is 7.26. The van der Waals surface area contributed by atoms with Crippen LogP contribution in [0.15, 0.2) is 28.5 Å². The molecule has 0 aromatic carbocycles. The van der Waals surface area contributed by atoms with Gasteiger partial charge in [0.15, 0.2) is 0 Å². The van der Waals surface area contributed by atoms with E-state index in [2.05, 4.69) is 23.8 Å². The highest BCUT2D eigenvalue weighted by molar-refractivity contribution is 7.10. The van der Waals surface area contributed by atoms with Crippen LogP contribution in [0.3, 0.4) is 0 Å². The summed E-state index contributed by atoms with van der Waals surface area (Å²) in [4.78, 5) is 33.7. The van der Waals surface area contributed by atoms with Crippen LogP contribution in [0.4, 0.5) is 0 Å². The van der Waals surface area contributed by atoms with Crippen molar-refractivity contribution in [2.24, 2.45) is 0 Å². The smallest absolute Gasteiger partial charge is 0.338 e. The first-order chi connectivity index (χ1) is 11.0. The molecule has 0 radical (unpaired) electrons. The van der Waals surface area contributed by atoms with Crippen LogP contribution in [-0.4, -0.2) is 33.9 Å². The van der Waals surface area contributed by atoms with Gasteiger partial charge in [-0.15, -0.1) is 11.3 Å².